The summed E-state index contributed by atoms with van der Waals surface area (Å²) in [5, 5.41) is 6.97. The number of nitrogens with zero attached hydrogens (tertiary/aromatic N) is 2. The van der Waals surface area contributed by atoms with Gasteiger partial charge in [0.05, 0.1) is 5.69 Å². The van der Waals surface area contributed by atoms with Crippen LogP contribution in [0, 0.1) is 6.92 Å². The molecule has 19 heavy (non-hydrogen) atoms. The molecule has 98 valence electrons. The first-order valence-electron chi connectivity index (χ1n) is 6.32. The topological polar surface area (TPSA) is 49.8 Å². The maximum atomic E-state index is 6.00. The van der Waals surface area contributed by atoms with E-state index in [4.69, 9.17) is 11.6 Å². The molecule has 0 spiro atoms. The van der Waals surface area contributed by atoms with Crippen molar-refractivity contribution in [1.29, 1.82) is 0 Å². The Bertz CT molecular complexity index is 612. The van der Waals surface area contributed by atoms with Gasteiger partial charge in [-0.1, -0.05) is 12.1 Å². The second kappa shape index (κ2) is 5.15. The third-order valence-electron chi connectivity index (χ3n) is 3.19. The Morgan fingerprint density at radius 2 is 2.21 bits per heavy atom. The molecule has 2 N–H and O–H groups in total. The minimum absolute atomic E-state index is 0.302. The number of hydrogen-bond acceptors (Lipinski definition) is 4. The molecule has 0 aliphatic carbocycles. The Morgan fingerprint density at radius 1 is 1.32 bits per heavy atom. The SMILES string of the molecule is Cc1cccc(Nc2nc(Cl)nc3c2CNCC3)c1. The summed E-state index contributed by atoms with van der Waals surface area (Å²) in [6.45, 7) is 3.78. The number of nitrogens with one attached hydrogen (secondary N) is 2. The Balaban J connectivity index is 1.98. The van der Waals surface area contributed by atoms with E-state index in [0.29, 0.717) is 5.28 Å². The molecule has 1 aromatic heterocycles. The van der Waals surface area contributed by atoms with Crippen LogP contribution in [0.1, 0.15) is 16.8 Å². The molecule has 1 aromatic carbocycles. The summed E-state index contributed by atoms with van der Waals surface area (Å²) in [6, 6.07) is 8.19. The highest BCUT2D eigenvalue weighted by atomic mass is 35.5. The van der Waals surface area contributed by atoms with E-state index in [2.05, 4.69) is 39.7 Å². The summed E-state index contributed by atoms with van der Waals surface area (Å²) < 4.78 is 0. The third kappa shape index (κ3) is 2.69. The first-order valence-corrected chi connectivity index (χ1v) is 6.70. The lowest BCUT2D eigenvalue weighted by Gasteiger charge is -2.19. The molecule has 1 aliphatic rings. The third-order valence-corrected chi connectivity index (χ3v) is 3.36. The molecule has 0 saturated heterocycles. The van der Waals surface area contributed by atoms with Gasteiger partial charge in [0.25, 0.3) is 0 Å². The van der Waals surface area contributed by atoms with Crippen LogP contribution in [0.5, 0.6) is 0 Å². The van der Waals surface area contributed by atoms with Crippen molar-refractivity contribution in [3.63, 3.8) is 0 Å². The van der Waals surface area contributed by atoms with Crippen molar-refractivity contribution in [2.45, 2.75) is 19.9 Å². The van der Waals surface area contributed by atoms with Gasteiger partial charge in [-0.15, -0.1) is 0 Å². The number of rotatable bonds is 2. The molecule has 0 saturated carbocycles. The van der Waals surface area contributed by atoms with E-state index < -0.39 is 0 Å². The first-order chi connectivity index (χ1) is 9.22. The summed E-state index contributed by atoms with van der Waals surface area (Å²) in [4.78, 5) is 8.62. The van der Waals surface area contributed by atoms with Gasteiger partial charge in [0.1, 0.15) is 5.82 Å². The molecule has 0 radical (unpaired) electrons. The van der Waals surface area contributed by atoms with E-state index >= 15 is 0 Å². The van der Waals surface area contributed by atoms with Crippen LogP contribution in [0.25, 0.3) is 0 Å². The van der Waals surface area contributed by atoms with E-state index in [1.807, 2.05) is 12.1 Å². The van der Waals surface area contributed by atoms with Crippen LogP contribution >= 0.6 is 11.6 Å². The zero-order valence-corrected chi connectivity index (χ0v) is 11.5. The predicted molar refractivity (Wildman–Crippen MR) is 76.9 cm³/mol. The molecule has 3 rings (SSSR count). The number of halogens is 1. The first kappa shape index (κ1) is 12.4. The number of hydrogen-bond donors (Lipinski definition) is 2. The average Bonchev–Trinajstić information content (AvgIpc) is 2.38. The highest BCUT2D eigenvalue weighted by Gasteiger charge is 2.17. The smallest absolute Gasteiger partial charge is 0.224 e. The van der Waals surface area contributed by atoms with Gasteiger partial charge in [-0.3, -0.25) is 0 Å². The van der Waals surface area contributed by atoms with Crippen LogP contribution in [0.4, 0.5) is 11.5 Å². The molecule has 2 aromatic rings. The molecule has 0 fully saturated rings. The maximum absolute atomic E-state index is 6.00. The van der Waals surface area contributed by atoms with E-state index in [9.17, 15) is 0 Å². The molecule has 4 nitrogen and oxygen atoms in total. The van der Waals surface area contributed by atoms with E-state index in [1.165, 1.54) is 5.56 Å². The quantitative estimate of drug-likeness (QED) is 0.827. The number of aromatic nitrogens is 2. The molecule has 0 amide bonds. The molecule has 0 bridgehead atoms. The van der Waals surface area contributed by atoms with E-state index in [1.54, 1.807) is 0 Å². The van der Waals surface area contributed by atoms with Gasteiger partial charge >= 0.3 is 0 Å². The van der Waals surface area contributed by atoms with Crippen LogP contribution < -0.4 is 10.6 Å². The van der Waals surface area contributed by atoms with Gasteiger partial charge in [-0.25, -0.2) is 9.97 Å². The molecule has 2 heterocycles. The number of aryl methyl sites for hydroxylation is 1. The fraction of sp³-hybridized carbons (Fsp3) is 0.286. The molecular formula is C14H15ClN4. The van der Waals surface area contributed by atoms with Crippen LogP contribution in [-0.2, 0) is 13.0 Å². The average molecular weight is 275 g/mol. The minimum atomic E-state index is 0.302. The summed E-state index contributed by atoms with van der Waals surface area (Å²) in [5.74, 6) is 0.799. The zero-order valence-electron chi connectivity index (χ0n) is 10.7. The predicted octanol–water partition coefficient (Wildman–Crippen LogP) is 2.83. The van der Waals surface area contributed by atoms with Crippen molar-refractivity contribution in [3.8, 4) is 0 Å². The summed E-state index contributed by atoms with van der Waals surface area (Å²) in [5.41, 5.74) is 4.37. The van der Waals surface area contributed by atoms with E-state index in [0.717, 1.165) is 42.3 Å². The normalized spacial score (nSPS) is 14.0. The van der Waals surface area contributed by atoms with E-state index in [-0.39, 0.29) is 0 Å². The lowest BCUT2D eigenvalue weighted by atomic mass is 10.1. The van der Waals surface area contributed by atoms with Crippen LogP contribution in [0.2, 0.25) is 5.28 Å². The van der Waals surface area contributed by atoms with Crippen molar-refractivity contribution in [3.05, 3.63) is 46.4 Å². The second-order valence-corrected chi connectivity index (χ2v) is 5.03. The molecular weight excluding hydrogens is 260 g/mol. The maximum Gasteiger partial charge on any atom is 0.224 e. The fourth-order valence-corrected chi connectivity index (χ4v) is 2.46. The Kier molecular flexibility index (Phi) is 3.36. The van der Waals surface area contributed by atoms with Crippen LogP contribution in [0.15, 0.2) is 24.3 Å². The lowest BCUT2D eigenvalue weighted by Crippen LogP contribution is -2.26. The molecule has 0 unspecified atom stereocenters. The monoisotopic (exact) mass is 274 g/mol. The minimum Gasteiger partial charge on any atom is -0.340 e. The van der Waals surface area contributed by atoms with Gasteiger partial charge in [0.15, 0.2) is 0 Å². The summed E-state index contributed by atoms with van der Waals surface area (Å²) in [6.07, 6.45) is 0.889. The highest BCUT2D eigenvalue weighted by molar-refractivity contribution is 6.28. The summed E-state index contributed by atoms with van der Waals surface area (Å²) >= 11 is 6.00. The highest BCUT2D eigenvalue weighted by Crippen LogP contribution is 2.25. The summed E-state index contributed by atoms with van der Waals surface area (Å²) in [7, 11) is 0. The van der Waals surface area contributed by atoms with Gasteiger partial charge in [0.2, 0.25) is 5.28 Å². The number of benzene rings is 1. The van der Waals surface area contributed by atoms with Crippen LogP contribution in [0.3, 0.4) is 0 Å². The molecule has 5 heteroatoms. The number of fused-ring (bicyclic) bond motifs is 1. The van der Waals surface area contributed by atoms with Gasteiger partial charge in [-0.05, 0) is 36.2 Å². The van der Waals surface area contributed by atoms with Crippen molar-refractivity contribution >= 4 is 23.1 Å². The second-order valence-electron chi connectivity index (χ2n) is 4.69. The number of anilines is 2. The van der Waals surface area contributed by atoms with Crippen molar-refractivity contribution in [2.24, 2.45) is 0 Å². The molecule has 0 atom stereocenters. The van der Waals surface area contributed by atoms with Gasteiger partial charge < -0.3 is 10.6 Å². The lowest BCUT2D eigenvalue weighted by molar-refractivity contribution is 0.628. The van der Waals surface area contributed by atoms with Crippen molar-refractivity contribution in [1.82, 2.24) is 15.3 Å². The van der Waals surface area contributed by atoms with Crippen LogP contribution in [-0.4, -0.2) is 16.5 Å². The Hall–Kier alpha value is -1.65. The van der Waals surface area contributed by atoms with Gasteiger partial charge in [-0.2, -0.15) is 0 Å². The Labute approximate surface area is 117 Å². The van der Waals surface area contributed by atoms with Crippen molar-refractivity contribution < 1.29 is 0 Å². The fourth-order valence-electron chi connectivity index (χ4n) is 2.28. The largest absolute Gasteiger partial charge is 0.340 e. The standard InChI is InChI=1S/C14H15ClN4/c1-9-3-2-4-10(7-9)17-13-11-8-16-6-5-12(11)18-14(15)19-13/h2-4,7,16H,5-6,8H2,1H3,(H,17,18,19). The molecule has 1 aliphatic heterocycles. The van der Waals surface area contributed by atoms with Gasteiger partial charge in [0, 0.05) is 30.8 Å². The zero-order chi connectivity index (χ0) is 13.2. The van der Waals surface area contributed by atoms with Crippen molar-refractivity contribution in [2.75, 3.05) is 11.9 Å². The Morgan fingerprint density at radius 3 is 3.05 bits per heavy atom.